The molecule has 26 heavy (non-hydrogen) atoms. The number of hydrogen-bond donors (Lipinski definition) is 2. The van der Waals surface area contributed by atoms with Crippen molar-refractivity contribution in [2.75, 3.05) is 18.0 Å². The summed E-state index contributed by atoms with van der Waals surface area (Å²) in [5, 5.41) is 17.2. The predicted molar refractivity (Wildman–Crippen MR) is 99.8 cm³/mol. The van der Waals surface area contributed by atoms with Crippen LogP contribution in [0.4, 0.5) is 5.82 Å². The van der Waals surface area contributed by atoms with E-state index in [1.54, 1.807) is 24.7 Å². The molecule has 3 aromatic rings. The lowest BCUT2D eigenvalue weighted by Crippen LogP contribution is -2.21. The normalized spacial score (nSPS) is 21.9. The summed E-state index contributed by atoms with van der Waals surface area (Å²) in [6.07, 6.45) is 11.2. The minimum Gasteiger partial charge on any atom is -0.507 e. The zero-order valence-electron chi connectivity index (χ0n) is 14.5. The van der Waals surface area contributed by atoms with E-state index in [4.69, 9.17) is 0 Å². The average molecular weight is 347 g/mol. The molecule has 1 saturated heterocycles. The van der Waals surface area contributed by atoms with Gasteiger partial charge < -0.3 is 10.0 Å². The van der Waals surface area contributed by atoms with Crippen molar-refractivity contribution in [2.24, 2.45) is 11.8 Å². The summed E-state index contributed by atoms with van der Waals surface area (Å²) >= 11 is 0. The van der Waals surface area contributed by atoms with Crippen LogP contribution in [-0.2, 0) is 0 Å². The first kappa shape index (κ1) is 15.4. The average Bonchev–Trinajstić information content (AvgIpc) is 3.39. The quantitative estimate of drug-likeness (QED) is 0.758. The van der Waals surface area contributed by atoms with E-state index in [0.717, 1.165) is 41.9 Å². The standard InChI is InChI=1S/C20H21N5O/c26-19-6-13(16-7-23-24-8-16)4-5-17(19)18-9-22-20(10-21-18)25-11-14-2-1-3-15(14)12-25/h4-10,14-15,26H,1-3,11-12H2,(H,23,24). The molecular formula is C20H21N5O. The second-order valence-corrected chi connectivity index (χ2v) is 7.33. The van der Waals surface area contributed by atoms with Gasteiger partial charge in [0.15, 0.2) is 0 Å². The number of rotatable bonds is 3. The van der Waals surface area contributed by atoms with Crippen molar-refractivity contribution in [3.63, 3.8) is 0 Å². The predicted octanol–water partition coefficient (Wildman–Crippen LogP) is 3.48. The van der Waals surface area contributed by atoms with Crippen LogP contribution in [-0.4, -0.2) is 38.4 Å². The molecule has 1 aliphatic heterocycles. The van der Waals surface area contributed by atoms with E-state index in [9.17, 15) is 5.11 Å². The monoisotopic (exact) mass is 347 g/mol. The minimum absolute atomic E-state index is 0.196. The molecule has 2 atom stereocenters. The molecule has 2 N–H and O–H groups in total. The van der Waals surface area contributed by atoms with E-state index in [1.807, 2.05) is 18.3 Å². The van der Waals surface area contributed by atoms with Crippen molar-refractivity contribution in [1.82, 2.24) is 20.2 Å². The number of H-pyrrole nitrogens is 1. The van der Waals surface area contributed by atoms with Gasteiger partial charge in [0.05, 0.1) is 24.3 Å². The highest BCUT2D eigenvalue weighted by atomic mass is 16.3. The van der Waals surface area contributed by atoms with E-state index >= 15 is 0 Å². The summed E-state index contributed by atoms with van der Waals surface area (Å²) in [4.78, 5) is 11.5. The maximum absolute atomic E-state index is 10.4. The van der Waals surface area contributed by atoms with Gasteiger partial charge in [-0.3, -0.25) is 10.1 Å². The highest BCUT2D eigenvalue weighted by Gasteiger charge is 2.36. The van der Waals surface area contributed by atoms with Gasteiger partial charge in [-0.2, -0.15) is 5.10 Å². The van der Waals surface area contributed by atoms with Crippen molar-refractivity contribution < 1.29 is 5.11 Å². The number of aromatic nitrogens is 4. The third-order valence-corrected chi connectivity index (χ3v) is 5.79. The Labute approximate surface area is 151 Å². The molecule has 0 amide bonds. The summed E-state index contributed by atoms with van der Waals surface area (Å²) in [6, 6.07) is 5.57. The van der Waals surface area contributed by atoms with Crippen molar-refractivity contribution in [2.45, 2.75) is 19.3 Å². The first-order valence-electron chi connectivity index (χ1n) is 9.17. The van der Waals surface area contributed by atoms with Crippen LogP contribution in [0.25, 0.3) is 22.4 Å². The zero-order valence-corrected chi connectivity index (χ0v) is 14.5. The topological polar surface area (TPSA) is 77.9 Å². The molecule has 5 rings (SSSR count). The van der Waals surface area contributed by atoms with Gasteiger partial charge in [-0.1, -0.05) is 12.5 Å². The lowest BCUT2D eigenvalue weighted by molar-refractivity contribution is 0.477. The Kier molecular flexibility index (Phi) is 3.62. The van der Waals surface area contributed by atoms with Gasteiger partial charge in [0.2, 0.25) is 0 Å². The molecule has 6 heteroatoms. The highest BCUT2D eigenvalue weighted by Crippen LogP contribution is 2.39. The van der Waals surface area contributed by atoms with Gasteiger partial charge in [-0.25, -0.2) is 4.98 Å². The molecule has 0 spiro atoms. The Bertz CT molecular complexity index is 894. The molecule has 1 saturated carbocycles. The fourth-order valence-electron chi connectivity index (χ4n) is 4.38. The van der Waals surface area contributed by atoms with Gasteiger partial charge in [-0.15, -0.1) is 0 Å². The Morgan fingerprint density at radius 1 is 1.00 bits per heavy atom. The summed E-state index contributed by atoms with van der Waals surface area (Å²) in [7, 11) is 0. The molecular weight excluding hydrogens is 326 g/mol. The van der Waals surface area contributed by atoms with Crippen molar-refractivity contribution in [3.05, 3.63) is 43.0 Å². The maximum Gasteiger partial charge on any atom is 0.147 e. The number of nitrogens with zero attached hydrogens (tertiary/aromatic N) is 4. The molecule has 2 unspecified atom stereocenters. The first-order chi connectivity index (χ1) is 12.8. The van der Waals surface area contributed by atoms with Crippen LogP contribution >= 0.6 is 0 Å². The van der Waals surface area contributed by atoms with Gasteiger partial charge >= 0.3 is 0 Å². The molecule has 132 valence electrons. The van der Waals surface area contributed by atoms with Gasteiger partial charge in [0, 0.05) is 30.4 Å². The lowest BCUT2D eigenvalue weighted by atomic mass is 10.0. The number of anilines is 1. The van der Waals surface area contributed by atoms with Crippen molar-refractivity contribution in [3.8, 4) is 28.1 Å². The second-order valence-electron chi connectivity index (χ2n) is 7.33. The number of aromatic amines is 1. The Morgan fingerprint density at radius 2 is 1.85 bits per heavy atom. The SMILES string of the molecule is Oc1cc(-c2cn[nH]c2)ccc1-c1cnc(N2CC3CCCC3C2)cn1. The summed E-state index contributed by atoms with van der Waals surface area (Å²) in [5.41, 5.74) is 3.22. The van der Waals surface area contributed by atoms with Crippen LogP contribution in [0.3, 0.4) is 0 Å². The minimum atomic E-state index is 0.196. The van der Waals surface area contributed by atoms with Crippen molar-refractivity contribution in [1.29, 1.82) is 0 Å². The second kappa shape index (κ2) is 6.12. The largest absolute Gasteiger partial charge is 0.507 e. The van der Waals surface area contributed by atoms with Gasteiger partial charge in [0.25, 0.3) is 0 Å². The molecule has 1 aromatic carbocycles. The van der Waals surface area contributed by atoms with Crippen LogP contribution in [0.15, 0.2) is 43.0 Å². The zero-order chi connectivity index (χ0) is 17.5. The molecule has 2 aliphatic rings. The summed E-state index contributed by atoms with van der Waals surface area (Å²) < 4.78 is 0. The summed E-state index contributed by atoms with van der Waals surface area (Å²) in [6.45, 7) is 2.20. The maximum atomic E-state index is 10.4. The van der Waals surface area contributed by atoms with Crippen molar-refractivity contribution >= 4 is 5.82 Å². The van der Waals surface area contributed by atoms with E-state index in [1.165, 1.54) is 19.3 Å². The Balaban J connectivity index is 1.37. The number of phenols is 1. The molecule has 2 fully saturated rings. The van der Waals surface area contributed by atoms with E-state index in [0.29, 0.717) is 11.3 Å². The van der Waals surface area contributed by atoms with Crippen LogP contribution in [0.2, 0.25) is 0 Å². The number of phenolic OH excluding ortho intramolecular Hbond substituents is 1. The molecule has 3 heterocycles. The van der Waals surface area contributed by atoms with Crippen LogP contribution in [0.5, 0.6) is 5.75 Å². The number of aromatic hydroxyl groups is 1. The molecule has 0 bridgehead atoms. The molecule has 6 nitrogen and oxygen atoms in total. The third kappa shape index (κ3) is 2.62. The number of fused-ring (bicyclic) bond motifs is 1. The third-order valence-electron chi connectivity index (χ3n) is 5.79. The Morgan fingerprint density at radius 3 is 2.50 bits per heavy atom. The lowest BCUT2D eigenvalue weighted by Gasteiger charge is -2.18. The fourth-order valence-corrected chi connectivity index (χ4v) is 4.38. The smallest absolute Gasteiger partial charge is 0.147 e. The number of benzene rings is 1. The van der Waals surface area contributed by atoms with Crippen LogP contribution in [0.1, 0.15) is 19.3 Å². The van der Waals surface area contributed by atoms with E-state index in [2.05, 4.69) is 25.1 Å². The summed E-state index contributed by atoms with van der Waals surface area (Å²) in [5.74, 6) is 2.80. The highest BCUT2D eigenvalue weighted by molar-refractivity contribution is 5.73. The van der Waals surface area contributed by atoms with E-state index in [-0.39, 0.29) is 5.75 Å². The van der Waals surface area contributed by atoms with Gasteiger partial charge in [-0.05, 0) is 42.4 Å². The van der Waals surface area contributed by atoms with Crippen LogP contribution < -0.4 is 4.90 Å². The molecule has 0 radical (unpaired) electrons. The van der Waals surface area contributed by atoms with Gasteiger partial charge in [0.1, 0.15) is 11.6 Å². The fraction of sp³-hybridized carbons (Fsp3) is 0.350. The number of nitrogens with one attached hydrogen (secondary N) is 1. The first-order valence-corrected chi connectivity index (χ1v) is 9.17. The van der Waals surface area contributed by atoms with Crippen LogP contribution in [0, 0.1) is 11.8 Å². The van der Waals surface area contributed by atoms with E-state index < -0.39 is 0 Å². The molecule has 1 aliphatic carbocycles. The Hall–Kier alpha value is -2.89. The molecule has 2 aromatic heterocycles. The number of hydrogen-bond acceptors (Lipinski definition) is 5.